The zero-order valence-corrected chi connectivity index (χ0v) is 13.1. The molecule has 2 atom stereocenters. The van der Waals surface area contributed by atoms with Crippen LogP contribution in [-0.4, -0.2) is 57.7 Å². The molecule has 2 amide bonds. The molecule has 0 radical (unpaired) electrons. The van der Waals surface area contributed by atoms with Crippen molar-refractivity contribution in [1.29, 1.82) is 0 Å². The lowest BCUT2D eigenvalue weighted by Crippen LogP contribution is -2.50. The summed E-state index contributed by atoms with van der Waals surface area (Å²) >= 11 is 3.17. The molecule has 1 aromatic heterocycles. The summed E-state index contributed by atoms with van der Waals surface area (Å²) in [5.74, 6) is -0.470. The van der Waals surface area contributed by atoms with Crippen molar-refractivity contribution in [2.75, 3.05) is 19.3 Å². The third kappa shape index (κ3) is 3.27. The molecule has 0 bridgehead atoms. The van der Waals surface area contributed by atoms with E-state index in [0.717, 1.165) is 6.42 Å². The Bertz CT molecular complexity index is 478. The minimum atomic E-state index is -0.929. The van der Waals surface area contributed by atoms with Gasteiger partial charge in [-0.2, -0.15) is 0 Å². The lowest BCUT2D eigenvalue weighted by molar-refractivity contribution is -0.141. The van der Waals surface area contributed by atoms with Crippen LogP contribution in [0.1, 0.15) is 11.8 Å². The average molecular weight is 314 g/mol. The van der Waals surface area contributed by atoms with Crippen molar-refractivity contribution in [3.63, 3.8) is 0 Å². The molecular formula is C13H18N2O3S2. The molecular weight excluding hydrogens is 296 g/mol. The topological polar surface area (TPSA) is 60.9 Å². The molecule has 2 rings (SSSR count). The quantitative estimate of drug-likeness (QED) is 0.925. The van der Waals surface area contributed by atoms with Crippen molar-refractivity contribution in [3.8, 4) is 0 Å². The van der Waals surface area contributed by atoms with Gasteiger partial charge in [0.2, 0.25) is 0 Å². The molecule has 1 aliphatic rings. The Labute approximate surface area is 126 Å². The van der Waals surface area contributed by atoms with Gasteiger partial charge in [-0.1, -0.05) is 6.07 Å². The number of hydrogen-bond acceptors (Lipinski definition) is 4. The minimum Gasteiger partial charge on any atom is -0.480 e. The zero-order chi connectivity index (χ0) is 14.7. The Morgan fingerprint density at radius 3 is 2.90 bits per heavy atom. The molecule has 0 saturated carbocycles. The normalized spacial score (nSPS) is 22.0. The van der Waals surface area contributed by atoms with Gasteiger partial charge in [0.1, 0.15) is 6.04 Å². The highest BCUT2D eigenvalue weighted by atomic mass is 32.2. The Morgan fingerprint density at radius 2 is 2.30 bits per heavy atom. The molecule has 5 nitrogen and oxygen atoms in total. The molecule has 1 saturated heterocycles. The molecule has 110 valence electrons. The van der Waals surface area contributed by atoms with Crippen LogP contribution < -0.4 is 0 Å². The lowest BCUT2D eigenvalue weighted by atomic mass is 10.3. The van der Waals surface area contributed by atoms with Crippen molar-refractivity contribution in [2.45, 2.75) is 24.8 Å². The number of thiophene rings is 1. The molecule has 1 fully saturated rings. The summed E-state index contributed by atoms with van der Waals surface area (Å²) in [5, 5.41) is 11.1. The van der Waals surface area contributed by atoms with Gasteiger partial charge in [-0.15, -0.1) is 23.1 Å². The van der Waals surface area contributed by atoms with Crippen LogP contribution >= 0.6 is 23.1 Å². The lowest BCUT2D eigenvalue weighted by Gasteiger charge is -2.30. The second-order valence-corrected chi connectivity index (χ2v) is 7.11. The maximum atomic E-state index is 12.4. The number of amides is 2. The number of nitrogens with zero attached hydrogens (tertiary/aromatic N) is 2. The van der Waals surface area contributed by atoms with Crippen LogP contribution in [0.25, 0.3) is 0 Å². The number of urea groups is 1. The van der Waals surface area contributed by atoms with Crippen LogP contribution in [0.3, 0.4) is 0 Å². The van der Waals surface area contributed by atoms with Crippen LogP contribution in [0, 0.1) is 0 Å². The summed E-state index contributed by atoms with van der Waals surface area (Å²) in [6.45, 7) is 2.47. The molecule has 2 heterocycles. The Hall–Kier alpha value is -1.21. The highest BCUT2D eigenvalue weighted by molar-refractivity contribution is 8.00. The standard InChI is InChI=1S/C13H18N2O3S2/c1-9-15(11(8-20-9)12(16)17)13(18)14(2)6-5-10-4-3-7-19-10/h3-4,7,9,11H,5-6,8H2,1-2H3,(H,16,17). The summed E-state index contributed by atoms with van der Waals surface area (Å²) in [6, 6.07) is 3.11. The first-order chi connectivity index (χ1) is 9.50. The fourth-order valence-corrected chi connectivity index (χ4v) is 4.01. The van der Waals surface area contributed by atoms with E-state index in [1.165, 1.54) is 21.5 Å². The van der Waals surface area contributed by atoms with Crippen molar-refractivity contribution in [2.24, 2.45) is 0 Å². The first kappa shape index (κ1) is 15.2. The summed E-state index contributed by atoms with van der Waals surface area (Å²) in [7, 11) is 1.73. The van der Waals surface area contributed by atoms with Crippen molar-refractivity contribution >= 4 is 35.1 Å². The zero-order valence-electron chi connectivity index (χ0n) is 11.5. The van der Waals surface area contributed by atoms with E-state index in [1.807, 2.05) is 24.4 Å². The smallest absolute Gasteiger partial charge is 0.327 e. The van der Waals surface area contributed by atoms with E-state index < -0.39 is 12.0 Å². The van der Waals surface area contributed by atoms with E-state index >= 15 is 0 Å². The molecule has 0 spiro atoms. The van der Waals surface area contributed by atoms with Crippen molar-refractivity contribution in [1.82, 2.24) is 9.80 Å². The van der Waals surface area contributed by atoms with Gasteiger partial charge in [0.25, 0.3) is 0 Å². The highest BCUT2D eigenvalue weighted by Gasteiger charge is 2.40. The van der Waals surface area contributed by atoms with E-state index in [-0.39, 0.29) is 11.4 Å². The molecule has 1 aromatic rings. The SMILES string of the molecule is CC1SCC(C(=O)O)N1C(=O)N(C)CCc1cccs1. The van der Waals surface area contributed by atoms with Crippen molar-refractivity contribution in [3.05, 3.63) is 22.4 Å². The molecule has 0 aromatic carbocycles. The first-order valence-corrected chi connectivity index (χ1v) is 8.33. The second kappa shape index (κ2) is 6.49. The number of carbonyl (C=O) groups excluding carboxylic acids is 1. The maximum Gasteiger partial charge on any atom is 0.327 e. The molecule has 2 unspecified atom stereocenters. The Kier molecular flexibility index (Phi) is 4.93. The third-order valence-electron chi connectivity index (χ3n) is 3.33. The molecule has 1 N–H and O–H groups in total. The van der Waals surface area contributed by atoms with Crippen LogP contribution in [-0.2, 0) is 11.2 Å². The first-order valence-electron chi connectivity index (χ1n) is 6.41. The number of hydrogen-bond donors (Lipinski definition) is 1. The van der Waals surface area contributed by atoms with Gasteiger partial charge >= 0.3 is 12.0 Å². The van der Waals surface area contributed by atoms with Crippen LogP contribution in [0.4, 0.5) is 4.79 Å². The highest BCUT2D eigenvalue weighted by Crippen LogP contribution is 2.29. The second-order valence-electron chi connectivity index (χ2n) is 4.73. The van der Waals surface area contributed by atoms with E-state index in [2.05, 4.69) is 0 Å². The van der Waals surface area contributed by atoms with Gasteiger partial charge < -0.3 is 10.0 Å². The number of carboxylic acid groups (broad SMARTS) is 1. The van der Waals surface area contributed by atoms with Crippen LogP contribution in [0.2, 0.25) is 0 Å². The van der Waals surface area contributed by atoms with E-state index in [0.29, 0.717) is 12.3 Å². The molecule has 0 aliphatic carbocycles. The van der Waals surface area contributed by atoms with Crippen LogP contribution in [0.15, 0.2) is 17.5 Å². The fraction of sp³-hybridized carbons (Fsp3) is 0.538. The summed E-state index contributed by atoms with van der Waals surface area (Å²) < 4.78 is 0. The van der Waals surface area contributed by atoms with Crippen LogP contribution in [0.5, 0.6) is 0 Å². The molecule has 1 aliphatic heterocycles. The molecule has 20 heavy (non-hydrogen) atoms. The Balaban J connectivity index is 1.96. The maximum absolute atomic E-state index is 12.4. The third-order valence-corrected chi connectivity index (χ3v) is 5.48. The molecule has 7 heteroatoms. The van der Waals surface area contributed by atoms with Gasteiger partial charge in [-0.3, -0.25) is 4.90 Å². The van der Waals surface area contributed by atoms with Crippen molar-refractivity contribution < 1.29 is 14.7 Å². The minimum absolute atomic E-state index is 0.0900. The van der Waals surface area contributed by atoms with Gasteiger partial charge in [0.15, 0.2) is 0 Å². The summed E-state index contributed by atoms with van der Waals surface area (Å²) in [5.41, 5.74) is 0. The summed E-state index contributed by atoms with van der Waals surface area (Å²) in [4.78, 5) is 27.9. The van der Waals surface area contributed by atoms with Gasteiger partial charge in [-0.25, -0.2) is 9.59 Å². The van der Waals surface area contributed by atoms with E-state index in [1.54, 1.807) is 23.3 Å². The van der Waals surface area contributed by atoms with E-state index in [9.17, 15) is 14.7 Å². The fourth-order valence-electron chi connectivity index (χ4n) is 2.15. The Morgan fingerprint density at radius 1 is 1.55 bits per heavy atom. The summed E-state index contributed by atoms with van der Waals surface area (Å²) in [6.07, 6.45) is 0.799. The predicted octanol–water partition coefficient (Wildman–Crippen LogP) is 2.19. The number of carbonyl (C=O) groups is 2. The number of likely N-dealkylation sites (N-methyl/N-ethyl adjacent to an activating group) is 1. The average Bonchev–Trinajstić information content (AvgIpc) is 3.04. The number of aliphatic carboxylic acids is 1. The van der Waals surface area contributed by atoms with E-state index in [4.69, 9.17) is 0 Å². The number of carboxylic acids is 1. The van der Waals surface area contributed by atoms with Gasteiger partial charge in [0, 0.05) is 24.2 Å². The number of thioether (sulfide) groups is 1. The largest absolute Gasteiger partial charge is 0.480 e. The van der Waals surface area contributed by atoms with Gasteiger partial charge in [-0.05, 0) is 24.8 Å². The van der Waals surface area contributed by atoms with Gasteiger partial charge in [0.05, 0.1) is 5.37 Å². The monoisotopic (exact) mass is 314 g/mol. The predicted molar refractivity (Wildman–Crippen MR) is 81.2 cm³/mol. The number of rotatable bonds is 4.